The second-order valence-electron chi connectivity index (χ2n) is 2.78. The number of thioether (sulfide) groups is 1. The lowest BCUT2D eigenvalue weighted by Crippen LogP contribution is -2.40. The van der Waals surface area contributed by atoms with Crippen molar-refractivity contribution >= 4 is 23.6 Å². The first-order valence-electron chi connectivity index (χ1n) is 4.43. The van der Waals surface area contributed by atoms with Crippen LogP contribution in [0.5, 0.6) is 0 Å². The van der Waals surface area contributed by atoms with E-state index in [4.69, 9.17) is 5.11 Å². The molecule has 0 fully saturated rings. The first-order chi connectivity index (χ1) is 7.11. The summed E-state index contributed by atoms with van der Waals surface area (Å²) >= 11 is 1.54. The molecule has 84 valence electrons. The number of rotatable bonds is 7. The molecule has 0 aromatic heterocycles. The quantitative estimate of drug-likeness (QED) is 0.506. The van der Waals surface area contributed by atoms with Crippen molar-refractivity contribution in [2.75, 3.05) is 12.0 Å². The highest BCUT2D eigenvalue weighted by Crippen LogP contribution is 2.00. The Morgan fingerprint density at radius 2 is 2.27 bits per heavy atom. The Morgan fingerprint density at radius 1 is 1.60 bits per heavy atom. The highest BCUT2D eigenvalue weighted by atomic mass is 32.2. The number of aliphatic carboxylic acids is 1. The summed E-state index contributed by atoms with van der Waals surface area (Å²) in [6, 6.07) is -0.820. The maximum atomic E-state index is 11.2. The standard InChI is InChI=1S/C10H15NO3S/c1-3-4-5-9(12)11-8(10(13)14)6-7-15-2/h3-5,8H,1,6-7H2,2H3,(H,11,12)(H,13,14)/b5-4+. The van der Waals surface area contributed by atoms with Crippen LogP contribution in [-0.2, 0) is 9.59 Å². The summed E-state index contributed by atoms with van der Waals surface area (Å²) in [6.45, 7) is 3.41. The molecular formula is C10H15NO3S. The van der Waals surface area contributed by atoms with Crippen LogP contribution in [0.15, 0.2) is 24.8 Å². The van der Waals surface area contributed by atoms with Crippen LogP contribution in [0.2, 0.25) is 0 Å². The normalized spacial score (nSPS) is 12.3. The molecule has 1 unspecified atom stereocenters. The summed E-state index contributed by atoms with van der Waals surface area (Å²) < 4.78 is 0. The van der Waals surface area contributed by atoms with E-state index in [0.717, 1.165) is 0 Å². The van der Waals surface area contributed by atoms with Gasteiger partial charge in [0.15, 0.2) is 0 Å². The van der Waals surface area contributed by atoms with Crippen LogP contribution in [0.4, 0.5) is 0 Å². The summed E-state index contributed by atoms with van der Waals surface area (Å²) in [5.41, 5.74) is 0. The molecule has 0 spiro atoms. The van der Waals surface area contributed by atoms with Gasteiger partial charge in [0.1, 0.15) is 6.04 Å². The monoisotopic (exact) mass is 229 g/mol. The smallest absolute Gasteiger partial charge is 0.326 e. The van der Waals surface area contributed by atoms with Crippen LogP contribution in [0.25, 0.3) is 0 Å². The molecule has 1 amide bonds. The van der Waals surface area contributed by atoms with Gasteiger partial charge >= 0.3 is 5.97 Å². The van der Waals surface area contributed by atoms with Crippen LogP contribution in [0, 0.1) is 0 Å². The molecule has 0 aromatic rings. The van der Waals surface area contributed by atoms with Crippen LogP contribution < -0.4 is 5.32 Å². The molecule has 0 aliphatic carbocycles. The van der Waals surface area contributed by atoms with E-state index in [0.29, 0.717) is 12.2 Å². The lowest BCUT2D eigenvalue weighted by atomic mass is 10.2. The fourth-order valence-corrected chi connectivity index (χ4v) is 1.34. The van der Waals surface area contributed by atoms with Crippen LogP contribution in [0.3, 0.4) is 0 Å². The minimum Gasteiger partial charge on any atom is -0.480 e. The maximum Gasteiger partial charge on any atom is 0.326 e. The van der Waals surface area contributed by atoms with E-state index in [1.807, 2.05) is 6.26 Å². The fourth-order valence-electron chi connectivity index (χ4n) is 0.868. The first-order valence-corrected chi connectivity index (χ1v) is 5.82. The molecule has 0 rings (SSSR count). The minimum atomic E-state index is -1.01. The number of amides is 1. The van der Waals surface area contributed by atoms with Crippen molar-refractivity contribution in [1.82, 2.24) is 5.32 Å². The Bertz CT molecular complexity index is 263. The van der Waals surface area contributed by atoms with Crippen molar-refractivity contribution in [1.29, 1.82) is 0 Å². The number of carbonyl (C=O) groups excluding carboxylic acids is 1. The zero-order valence-corrected chi connectivity index (χ0v) is 9.42. The molecular weight excluding hydrogens is 214 g/mol. The zero-order valence-electron chi connectivity index (χ0n) is 8.60. The third kappa shape index (κ3) is 6.79. The minimum absolute atomic E-state index is 0.414. The van der Waals surface area contributed by atoms with Crippen molar-refractivity contribution in [3.05, 3.63) is 24.8 Å². The number of carboxylic acids is 1. The van der Waals surface area contributed by atoms with Crippen LogP contribution in [0.1, 0.15) is 6.42 Å². The van der Waals surface area contributed by atoms with E-state index in [1.54, 1.807) is 11.8 Å². The Morgan fingerprint density at radius 3 is 2.73 bits per heavy atom. The van der Waals surface area contributed by atoms with Gasteiger partial charge in [-0.05, 0) is 18.4 Å². The van der Waals surface area contributed by atoms with E-state index in [1.165, 1.54) is 18.2 Å². The van der Waals surface area contributed by atoms with Gasteiger partial charge in [-0.1, -0.05) is 18.7 Å². The van der Waals surface area contributed by atoms with Gasteiger partial charge < -0.3 is 10.4 Å². The molecule has 2 N–H and O–H groups in total. The van der Waals surface area contributed by atoms with Gasteiger partial charge in [0.2, 0.25) is 5.91 Å². The molecule has 0 aliphatic rings. The third-order valence-corrected chi connectivity index (χ3v) is 2.25. The van der Waals surface area contributed by atoms with Gasteiger partial charge in [-0.25, -0.2) is 4.79 Å². The fraction of sp³-hybridized carbons (Fsp3) is 0.400. The number of carbonyl (C=O) groups is 2. The molecule has 0 saturated carbocycles. The van der Waals surface area contributed by atoms with Crippen molar-refractivity contribution in [3.8, 4) is 0 Å². The Kier molecular flexibility index (Phi) is 7.44. The SMILES string of the molecule is C=C/C=C/C(=O)NC(CCSC)C(=O)O. The van der Waals surface area contributed by atoms with E-state index >= 15 is 0 Å². The second kappa shape index (κ2) is 8.11. The molecule has 0 saturated heterocycles. The molecule has 4 nitrogen and oxygen atoms in total. The summed E-state index contributed by atoms with van der Waals surface area (Å²) in [5, 5.41) is 11.2. The Hall–Kier alpha value is -1.23. The number of allylic oxidation sites excluding steroid dienone is 2. The molecule has 0 heterocycles. The number of nitrogens with one attached hydrogen (secondary N) is 1. The topological polar surface area (TPSA) is 66.4 Å². The van der Waals surface area contributed by atoms with Crippen molar-refractivity contribution in [3.63, 3.8) is 0 Å². The lowest BCUT2D eigenvalue weighted by molar-refractivity contribution is -0.141. The van der Waals surface area contributed by atoms with Crippen molar-refractivity contribution < 1.29 is 14.7 Å². The predicted molar refractivity (Wildman–Crippen MR) is 61.9 cm³/mol. The molecule has 1 atom stereocenters. The first kappa shape index (κ1) is 13.8. The number of hydrogen-bond acceptors (Lipinski definition) is 3. The molecule has 5 heteroatoms. The third-order valence-electron chi connectivity index (χ3n) is 1.61. The van der Waals surface area contributed by atoms with Gasteiger partial charge in [0.25, 0.3) is 0 Å². The van der Waals surface area contributed by atoms with Crippen LogP contribution in [-0.4, -0.2) is 35.0 Å². The van der Waals surface area contributed by atoms with Gasteiger partial charge in [0, 0.05) is 6.08 Å². The maximum absolute atomic E-state index is 11.2. The molecule has 15 heavy (non-hydrogen) atoms. The number of carboxylic acid groups (broad SMARTS) is 1. The second-order valence-corrected chi connectivity index (χ2v) is 3.76. The van der Waals surface area contributed by atoms with Gasteiger partial charge in [-0.3, -0.25) is 4.79 Å². The highest BCUT2D eigenvalue weighted by Gasteiger charge is 2.17. The average Bonchev–Trinajstić information content (AvgIpc) is 2.20. The summed E-state index contributed by atoms with van der Waals surface area (Å²) in [6.07, 6.45) is 6.48. The predicted octanol–water partition coefficient (Wildman–Crippen LogP) is 1.05. The van der Waals surface area contributed by atoms with E-state index in [2.05, 4.69) is 11.9 Å². The van der Waals surface area contributed by atoms with Gasteiger partial charge in [0.05, 0.1) is 0 Å². The molecule has 0 aromatic carbocycles. The average molecular weight is 229 g/mol. The van der Waals surface area contributed by atoms with Crippen molar-refractivity contribution in [2.45, 2.75) is 12.5 Å². The summed E-state index contributed by atoms with van der Waals surface area (Å²) in [4.78, 5) is 21.9. The van der Waals surface area contributed by atoms with E-state index in [-0.39, 0.29) is 0 Å². The molecule has 0 aliphatic heterocycles. The summed E-state index contributed by atoms with van der Waals surface area (Å²) in [7, 11) is 0. The zero-order chi connectivity index (χ0) is 11.7. The van der Waals surface area contributed by atoms with E-state index < -0.39 is 17.9 Å². The Balaban J connectivity index is 4.15. The largest absolute Gasteiger partial charge is 0.480 e. The highest BCUT2D eigenvalue weighted by molar-refractivity contribution is 7.98. The van der Waals surface area contributed by atoms with Gasteiger partial charge in [-0.15, -0.1) is 0 Å². The lowest BCUT2D eigenvalue weighted by Gasteiger charge is -2.11. The van der Waals surface area contributed by atoms with Gasteiger partial charge in [-0.2, -0.15) is 11.8 Å². The summed E-state index contributed by atoms with van der Waals surface area (Å²) in [5.74, 6) is -0.726. The van der Waals surface area contributed by atoms with Crippen molar-refractivity contribution in [2.24, 2.45) is 0 Å². The molecule has 0 radical (unpaired) electrons. The molecule has 0 bridgehead atoms. The van der Waals surface area contributed by atoms with E-state index in [9.17, 15) is 9.59 Å². The van der Waals surface area contributed by atoms with Crippen LogP contribution >= 0.6 is 11.8 Å². The Labute approximate surface area is 93.4 Å². The number of hydrogen-bond donors (Lipinski definition) is 2.